The van der Waals surface area contributed by atoms with Crippen LogP contribution in [0.25, 0.3) is 11.0 Å². The molecule has 5 nitrogen and oxygen atoms in total. The summed E-state index contributed by atoms with van der Waals surface area (Å²) in [6.07, 6.45) is 10.6. The number of unbranched alkanes of at least 4 members (excludes halogenated alkanes) is 7. The third kappa shape index (κ3) is 8.24. The Hall–Kier alpha value is -2.73. The van der Waals surface area contributed by atoms with Crippen molar-refractivity contribution in [3.63, 3.8) is 0 Å². The molecule has 0 saturated carbocycles. The number of methoxy groups -OCH3 is 1. The molecule has 0 aliphatic heterocycles. The van der Waals surface area contributed by atoms with Crippen LogP contribution in [-0.4, -0.2) is 18.8 Å². The van der Waals surface area contributed by atoms with Gasteiger partial charge in [0.05, 0.1) is 13.5 Å². The summed E-state index contributed by atoms with van der Waals surface area (Å²) in [5, 5.41) is 0.685. The Morgan fingerprint density at radius 2 is 1.56 bits per heavy atom. The van der Waals surface area contributed by atoms with Crippen molar-refractivity contribution in [2.24, 2.45) is 0 Å². The molecule has 0 aliphatic rings. The van der Waals surface area contributed by atoms with Crippen LogP contribution in [0, 0.1) is 0 Å². The lowest BCUT2D eigenvalue weighted by Crippen LogP contribution is -2.13. The Morgan fingerprint density at radius 1 is 0.882 bits per heavy atom. The highest BCUT2D eigenvalue weighted by atomic mass is 32.2. The van der Waals surface area contributed by atoms with Crippen LogP contribution in [0.1, 0.15) is 63.9 Å². The highest BCUT2D eigenvalue weighted by Crippen LogP contribution is 2.25. The summed E-state index contributed by atoms with van der Waals surface area (Å²) in [6.45, 7) is 2.25. The van der Waals surface area contributed by atoms with E-state index in [2.05, 4.69) is 6.92 Å². The molecule has 6 heteroatoms. The van der Waals surface area contributed by atoms with Gasteiger partial charge in [-0.3, -0.25) is 4.79 Å². The zero-order chi connectivity index (χ0) is 24.2. The zero-order valence-corrected chi connectivity index (χ0v) is 21.0. The molecule has 1 aromatic heterocycles. The van der Waals surface area contributed by atoms with Crippen LogP contribution in [0.2, 0.25) is 0 Å². The zero-order valence-electron chi connectivity index (χ0n) is 20.1. The topological polar surface area (TPSA) is 65.7 Å². The standard InChI is InChI=1S/C28H34O5S/c1-3-4-5-6-7-8-9-10-17-34-24-14-11-22(12-15-24)32-27(29)18-21-19-28(30)33-26-20-23(31-2)13-16-25(21)26/h11-16,19-20H,3-10,17-18H2,1-2H3. The maximum Gasteiger partial charge on any atom is 0.336 e. The Bertz CT molecular complexity index is 1100. The number of hydrogen-bond donors (Lipinski definition) is 0. The Morgan fingerprint density at radius 3 is 2.26 bits per heavy atom. The van der Waals surface area contributed by atoms with Crippen LogP contribution in [0.4, 0.5) is 0 Å². The number of carbonyl (C=O) groups excluding carboxylic acids is 1. The van der Waals surface area contributed by atoms with Crippen LogP contribution in [0.5, 0.6) is 11.5 Å². The molecule has 0 N–H and O–H groups in total. The summed E-state index contributed by atoms with van der Waals surface area (Å²) in [4.78, 5) is 25.6. The molecular formula is C28H34O5S. The van der Waals surface area contributed by atoms with Gasteiger partial charge in [0.2, 0.25) is 0 Å². The first-order valence-electron chi connectivity index (χ1n) is 12.1. The van der Waals surface area contributed by atoms with Gasteiger partial charge >= 0.3 is 11.6 Å². The minimum Gasteiger partial charge on any atom is -0.497 e. The van der Waals surface area contributed by atoms with E-state index in [9.17, 15) is 9.59 Å². The van der Waals surface area contributed by atoms with Crippen LogP contribution in [-0.2, 0) is 11.2 Å². The van der Waals surface area contributed by atoms with Crippen molar-refractivity contribution in [3.8, 4) is 11.5 Å². The normalized spacial score (nSPS) is 11.0. The van der Waals surface area contributed by atoms with Crippen LogP contribution in [0.15, 0.2) is 62.6 Å². The highest BCUT2D eigenvalue weighted by molar-refractivity contribution is 7.99. The molecule has 182 valence electrons. The lowest BCUT2D eigenvalue weighted by molar-refractivity contribution is -0.133. The summed E-state index contributed by atoms with van der Waals surface area (Å²) in [5.41, 5.74) is 0.436. The monoisotopic (exact) mass is 482 g/mol. The van der Waals surface area contributed by atoms with Crippen LogP contribution in [0.3, 0.4) is 0 Å². The summed E-state index contributed by atoms with van der Waals surface area (Å²) < 4.78 is 15.9. The fourth-order valence-corrected chi connectivity index (χ4v) is 4.75. The molecule has 0 atom stereocenters. The molecule has 0 spiro atoms. The van der Waals surface area contributed by atoms with Crippen molar-refractivity contribution in [2.75, 3.05) is 12.9 Å². The number of hydrogen-bond acceptors (Lipinski definition) is 6. The van der Waals surface area contributed by atoms with Gasteiger partial charge < -0.3 is 13.9 Å². The van der Waals surface area contributed by atoms with Crippen molar-refractivity contribution < 1.29 is 18.7 Å². The van der Waals surface area contributed by atoms with Gasteiger partial charge in [0, 0.05) is 22.4 Å². The molecule has 34 heavy (non-hydrogen) atoms. The molecule has 0 saturated heterocycles. The molecule has 0 unspecified atom stereocenters. The number of fused-ring (bicyclic) bond motifs is 1. The highest BCUT2D eigenvalue weighted by Gasteiger charge is 2.13. The fourth-order valence-electron chi connectivity index (χ4n) is 3.84. The second-order valence-corrected chi connectivity index (χ2v) is 9.57. The van der Waals surface area contributed by atoms with E-state index in [1.54, 1.807) is 25.3 Å². The Balaban J connectivity index is 1.45. The van der Waals surface area contributed by atoms with Gasteiger partial charge in [-0.2, -0.15) is 0 Å². The summed E-state index contributed by atoms with van der Waals surface area (Å²) in [5.74, 6) is 1.75. The predicted octanol–water partition coefficient (Wildman–Crippen LogP) is 7.18. The van der Waals surface area contributed by atoms with Crippen molar-refractivity contribution >= 4 is 28.7 Å². The van der Waals surface area contributed by atoms with Crippen molar-refractivity contribution in [1.82, 2.24) is 0 Å². The molecular weight excluding hydrogens is 448 g/mol. The maximum absolute atomic E-state index is 12.5. The molecule has 3 aromatic rings. The van der Waals surface area contributed by atoms with Gasteiger partial charge in [-0.15, -0.1) is 11.8 Å². The third-order valence-corrected chi connectivity index (χ3v) is 6.79. The average molecular weight is 483 g/mol. The van der Waals surface area contributed by atoms with E-state index < -0.39 is 11.6 Å². The minimum absolute atomic E-state index is 0.0244. The van der Waals surface area contributed by atoms with Gasteiger partial charge in [-0.1, -0.05) is 51.9 Å². The quantitative estimate of drug-likeness (QED) is 0.0797. The largest absolute Gasteiger partial charge is 0.497 e. The second kappa shape index (κ2) is 13.9. The number of benzene rings is 2. The lowest BCUT2D eigenvalue weighted by atomic mass is 10.1. The number of esters is 1. The minimum atomic E-state index is -0.513. The van der Waals surface area contributed by atoms with Crippen LogP contribution >= 0.6 is 11.8 Å². The molecule has 0 aliphatic carbocycles. The number of carbonyl (C=O) groups is 1. The molecule has 1 heterocycles. The number of rotatable bonds is 14. The Kier molecular flexibility index (Phi) is 10.5. The average Bonchev–Trinajstić information content (AvgIpc) is 2.83. The van der Waals surface area contributed by atoms with Gasteiger partial charge in [0.1, 0.15) is 17.1 Å². The van der Waals surface area contributed by atoms with Gasteiger partial charge in [-0.05, 0) is 54.1 Å². The van der Waals surface area contributed by atoms with Gasteiger partial charge in [-0.25, -0.2) is 4.79 Å². The second-order valence-electron chi connectivity index (χ2n) is 8.40. The summed E-state index contributed by atoms with van der Waals surface area (Å²) >= 11 is 1.83. The van der Waals surface area contributed by atoms with E-state index in [-0.39, 0.29) is 6.42 Å². The van der Waals surface area contributed by atoms with E-state index in [1.807, 2.05) is 36.0 Å². The summed E-state index contributed by atoms with van der Waals surface area (Å²) in [6, 6.07) is 14.1. The smallest absolute Gasteiger partial charge is 0.336 e. The van der Waals surface area contributed by atoms with E-state index in [1.165, 1.54) is 62.3 Å². The first-order chi connectivity index (χ1) is 16.6. The molecule has 0 fully saturated rings. The fraction of sp³-hybridized carbons (Fsp3) is 0.429. The molecule has 2 aromatic carbocycles. The molecule has 3 rings (SSSR count). The predicted molar refractivity (Wildman–Crippen MR) is 138 cm³/mol. The van der Waals surface area contributed by atoms with E-state index in [4.69, 9.17) is 13.9 Å². The maximum atomic E-state index is 12.5. The molecule has 0 amide bonds. The molecule has 0 bridgehead atoms. The number of ether oxygens (including phenoxy) is 2. The first kappa shape index (κ1) is 25.9. The number of thioether (sulfide) groups is 1. The Labute approximate surface area is 205 Å². The van der Waals surface area contributed by atoms with Crippen LogP contribution < -0.4 is 15.1 Å². The third-order valence-electron chi connectivity index (χ3n) is 5.69. The van der Waals surface area contributed by atoms with E-state index in [0.717, 1.165) is 5.75 Å². The van der Waals surface area contributed by atoms with E-state index >= 15 is 0 Å². The van der Waals surface area contributed by atoms with Crippen molar-refractivity contribution in [1.29, 1.82) is 0 Å². The summed E-state index contributed by atoms with van der Waals surface area (Å²) in [7, 11) is 1.54. The van der Waals surface area contributed by atoms with E-state index in [0.29, 0.717) is 28.0 Å². The lowest BCUT2D eigenvalue weighted by Gasteiger charge is -2.08. The van der Waals surface area contributed by atoms with Gasteiger partial charge in [0.15, 0.2) is 0 Å². The van der Waals surface area contributed by atoms with Crippen molar-refractivity contribution in [2.45, 2.75) is 69.6 Å². The van der Waals surface area contributed by atoms with Gasteiger partial charge in [0.25, 0.3) is 0 Å². The SMILES string of the molecule is CCCCCCCCCCSc1ccc(OC(=O)Cc2cc(=O)oc3cc(OC)ccc23)cc1. The molecule has 0 radical (unpaired) electrons. The van der Waals surface area contributed by atoms with Crippen molar-refractivity contribution in [3.05, 3.63) is 64.5 Å². The first-order valence-corrected chi connectivity index (χ1v) is 13.1.